The van der Waals surface area contributed by atoms with Gasteiger partial charge in [0.2, 0.25) is 5.91 Å². The van der Waals surface area contributed by atoms with Crippen LogP contribution in [0.1, 0.15) is 24.4 Å². The highest BCUT2D eigenvalue weighted by atomic mass is 32.2. The van der Waals surface area contributed by atoms with E-state index in [9.17, 15) is 26.7 Å². The second-order valence-corrected chi connectivity index (χ2v) is 7.59. The second kappa shape index (κ2) is 9.55. The Kier molecular flexibility index (Phi) is 7.02. The van der Waals surface area contributed by atoms with Crippen molar-refractivity contribution >= 4 is 23.4 Å². The summed E-state index contributed by atoms with van der Waals surface area (Å²) >= 11 is 1.01. The molecular weight excluding hydrogens is 455 g/mol. The summed E-state index contributed by atoms with van der Waals surface area (Å²) in [5, 5.41) is 10.7. The van der Waals surface area contributed by atoms with E-state index in [4.69, 9.17) is 4.74 Å². The number of benzene rings is 2. The molecule has 1 atom stereocenters. The minimum atomic E-state index is -4.51. The third-order valence-electron chi connectivity index (χ3n) is 4.24. The van der Waals surface area contributed by atoms with Crippen LogP contribution >= 0.6 is 11.8 Å². The lowest BCUT2D eigenvalue weighted by Crippen LogP contribution is -2.15. The highest BCUT2D eigenvalue weighted by Gasteiger charge is 2.30. The fraction of sp³-hybridized carbons (Fsp3) is 0.250. The third kappa shape index (κ3) is 5.75. The molecule has 170 valence electrons. The number of hydrogen-bond donors (Lipinski definition) is 1. The fourth-order valence-corrected chi connectivity index (χ4v) is 3.44. The fourth-order valence-electron chi connectivity index (χ4n) is 2.72. The first kappa shape index (κ1) is 23.5. The molecule has 32 heavy (non-hydrogen) atoms. The highest BCUT2D eigenvalue weighted by Crippen LogP contribution is 2.31. The molecule has 3 rings (SSSR count). The number of aromatic nitrogens is 3. The predicted molar refractivity (Wildman–Crippen MR) is 107 cm³/mol. The molecule has 0 saturated carbocycles. The lowest BCUT2D eigenvalue weighted by atomic mass is 10.2. The van der Waals surface area contributed by atoms with E-state index < -0.39 is 35.4 Å². The van der Waals surface area contributed by atoms with Crippen LogP contribution in [0.2, 0.25) is 0 Å². The maximum atomic E-state index is 13.8. The lowest BCUT2D eigenvalue weighted by molar-refractivity contribution is -0.137. The number of nitrogens with zero attached hydrogens (tertiary/aromatic N) is 3. The van der Waals surface area contributed by atoms with Gasteiger partial charge in [-0.2, -0.15) is 13.2 Å². The van der Waals surface area contributed by atoms with Crippen LogP contribution in [0.25, 0.3) is 0 Å². The Morgan fingerprint density at radius 2 is 1.94 bits per heavy atom. The number of rotatable bonds is 7. The Morgan fingerprint density at radius 3 is 2.62 bits per heavy atom. The number of nitrogens with one attached hydrogen (secondary N) is 1. The molecule has 1 heterocycles. The Balaban J connectivity index is 1.60. The minimum Gasteiger partial charge on any atom is -0.480 e. The summed E-state index contributed by atoms with van der Waals surface area (Å²) in [5.41, 5.74) is -0.847. The van der Waals surface area contributed by atoms with Crippen molar-refractivity contribution in [3.63, 3.8) is 0 Å². The summed E-state index contributed by atoms with van der Waals surface area (Å²) < 4.78 is 72.2. The quantitative estimate of drug-likeness (QED) is 0.388. The van der Waals surface area contributed by atoms with Crippen molar-refractivity contribution in [1.82, 2.24) is 14.8 Å². The number of alkyl halides is 3. The van der Waals surface area contributed by atoms with E-state index in [-0.39, 0.29) is 17.2 Å². The molecule has 0 saturated heterocycles. The summed E-state index contributed by atoms with van der Waals surface area (Å²) in [6, 6.07) is 7.22. The van der Waals surface area contributed by atoms with Gasteiger partial charge in [0.25, 0.3) is 0 Å². The number of carbonyl (C=O) groups is 1. The average molecular weight is 472 g/mol. The van der Waals surface area contributed by atoms with E-state index >= 15 is 0 Å². The van der Waals surface area contributed by atoms with Crippen LogP contribution in [0.15, 0.2) is 47.6 Å². The van der Waals surface area contributed by atoms with E-state index in [2.05, 4.69) is 15.5 Å². The van der Waals surface area contributed by atoms with Crippen LogP contribution in [-0.2, 0) is 18.0 Å². The molecule has 6 nitrogen and oxygen atoms in total. The van der Waals surface area contributed by atoms with Gasteiger partial charge in [0.05, 0.1) is 11.3 Å². The van der Waals surface area contributed by atoms with Crippen LogP contribution in [0, 0.1) is 11.6 Å². The summed E-state index contributed by atoms with van der Waals surface area (Å²) in [5.74, 6) is -2.09. The van der Waals surface area contributed by atoms with Gasteiger partial charge in [-0.25, -0.2) is 8.78 Å². The zero-order valence-electron chi connectivity index (χ0n) is 16.8. The number of ether oxygens (including phenoxy) is 1. The van der Waals surface area contributed by atoms with Gasteiger partial charge < -0.3 is 14.6 Å². The molecular formula is C20H17F5N4O2S. The number of halogens is 5. The van der Waals surface area contributed by atoms with Gasteiger partial charge in [-0.05, 0) is 37.3 Å². The van der Waals surface area contributed by atoms with Crippen LogP contribution in [0.3, 0.4) is 0 Å². The highest BCUT2D eigenvalue weighted by molar-refractivity contribution is 7.99. The van der Waals surface area contributed by atoms with Crippen molar-refractivity contribution in [2.45, 2.75) is 24.4 Å². The Labute approximate surface area is 183 Å². The molecule has 1 aromatic heterocycles. The molecule has 0 aliphatic rings. The summed E-state index contributed by atoms with van der Waals surface area (Å²) in [6.45, 7) is 1.60. The van der Waals surface area contributed by atoms with Crippen molar-refractivity contribution in [3.05, 3.63) is 65.5 Å². The molecule has 0 aliphatic carbocycles. The number of anilines is 1. The van der Waals surface area contributed by atoms with E-state index in [1.807, 2.05) is 0 Å². The first-order valence-electron chi connectivity index (χ1n) is 9.15. The Bertz CT molecular complexity index is 1120. The van der Waals surface area contributed by atoms with Crippen LogP contribution in [-0.4, -0.2) is 26.4 Å². The molecule has 0 bridgehead atoms. The third-order valence-corrected chi connectivity index (χ3v) is 5.26. The number of thioether (sulfide) groups is 1. The first-order chi connectivity index (χ1) is 15.0. The topological polar surface area (TPSA) is 69.0 Å². The molecule has 0 radical (unpaired) electrons. The number of amides is 1. The monoisotopic (exact) mass is 472 g/mol. The second-order valence-electron chi connectivity index (χ2n) is 6.65. The van der Waals surface area contributed by atoms with Gasteiger partial charge in [-0.15, -0.1) is 10.2 Å². The smallest absolute Gasteiger partial charge is 0.416 e. The number of hydrogen-bond acceptors (Lipinski definition) is 5. The minimum absolute atomic E-state index is 0.0208. The molecule has 0 fully saturated rings. The first-order valence-corrected chi connectivity index (χ1v) is 10.1. The zero-order chi connectivity index (χ0) is 23.5. The van der Waals surface area contributed by atoms with Crippen molar-refractivity contribution in [2.24, 2.45) is 7.05 Å². The largest absolute Gasteiger partial charge is 0.480 e. The molecule has 0 spiro atoms. The van der Waals surface area contributed by atoms with E-state index in [1.165, 1.54) is 16.7 Å². The summed E-state index contributed by atoms with van der Waals surface area (Å²) in [6.07, 6.45) is -5.25. The van der Waals surface area contributed by atoms with Gasteiger partial charge in [-0.3, -0.25) is 4.79 Å². The van der Waals surface area contributed by atoms with E-state index in [0.717, 1.165) is 36.0 Å². The van der Waals surface area contributed by atoms with Crippen LogP contribution in [0.4, 0.5) is 27.6 Å². The van der Waals surface area contributed by atoms with E-state index in [1.54, 1.807) is 14.0 Å². The van der Waals surface area contributed by atoms with Gasteiger partial charge >= 0.3 is 6.18 Å². The van der Waals surface area contributed by atoms with Gasteiger partial charge in [-0.1, -0.05) is 17.8 Å². The van der Waals surface area contributed by atoms with Gasteiger partial charge in [0.1, 0.15) is 5.82 Å². The SMILES string of the molecule is CC(Oc1ccc(F)cc1F)c1nnc(SCC(=O)Nc2cccc(C(F)(F)F)c2)n1C. The van der Waals surface area contributed by atoms with Crippen LogP contribution < -0.4 is 10.1 Å². The molecule has 3 aromatic rings. The Hall–Kier alpha value is -3.15. The van der Waals surface area contributed by atoms with Gasteiger partial charge in [0.15, 0.2) is 28.7 Å². The maximum Gasteiger partial charge on any atom is 0.416 e. The van der Waals surface area contributed by atoms with Gasteiger partial charge in [0, 0.05) is 18.8 Å². The molecule has 1 unspecified atom stereocenters. The molecule has 12 heteroatoms. The Morgan fingerprint density at radius 1 is 1.19 bits per heavy atom. The molecule has 1 amide bonds. The standard InChI is InChI=1S/C20H17F5N4O2S/c1-11(31-16-7-6-13(21)9-15(16)22)18-27-28-19(29(18)2)32-10-17(30)26-14-5-3-4-12(8-14)20(23,24)25/h3-9,11H,10H2,1-2H3,(H,26,30). The summed E-state index contributed by atoms with van der Waals surface area (Å²) in [7, 11) is 1.61. The normalized spacial score (nSPS) is 12.5. The molecule has 0 aliphatic heterocycles. The van der Waals surface area contributed by atoms with Crippen molar-refractivity contribution in [1.29, 1.82) is 0 Å². The average Bonchev–Trinajstić information content (AvgIpc) is 3.08. The lowest BCUT2D eigenvalue weighted by Gasteiger charge is -2.14. The van der Waals surface area contributed by atoms with Crippen molar-refractivity contribution in [3.8, 4) is 5.75 Å². The summed E-state index contributed by atoms with van der Waals surface area (Å²) in [4.78, 5) is 12.1. The van der Waals surface area contributed by atoms with E-state index in [0.29, 0.717) is 17.0 Å². The molecule has 1 N–H and O–H groups in total. The van der Waals surface area contributed by atoms with Crippen molar-refractivity contribution < 1.29 is 31.5 Å². The molecule has 2 aromatic carbocycles. The predicted octanol–water partition coefficient (Wildman–Crippen LogP) is 4.98. The van der Waals surface area contributed by atoms with Crippen molar-refractivity contribution in [2.75, 3.05) is 11.1 Å². The zero-order valence-corrected chi connectivity index (χ0v) is 17.6. The maximum absolute atomic E-state index is 13.8. The van der Waals surface area contributed by atoms with Crippen LogP contribution in [0.5, 0.6) is 5.75 Å². The number of carbonyl (C=O) groups excluding carboxylic acids is 1.